The van der Waals surface area contributed by atoms with Crippen LogP contribution in [-0.4, -0.2) is 36.7 Å². The van der Waals surface area contributed by atoms with Crippen molar-refractivity contribution in [2.24, 2.45) is 0 Å². The second-order valence-electron chi connectivity index (χ2n) is 5.43. The first-order chi connectivity index (χ1) is 13.7. The first kappa shape index (κ1) is 22.2. The van der Waals surface area contributed by atoms with Crippen LogP contribution in [0, 0.1) is 11.6 Å². The van der Waals surface area contributed by atoms with Crippen molar-refractivity contribution in [1.82, 2.24) is 5.32 Å². The molecule has 0 atom stereocenters. The normalized spacial score (nSPS) is 10.5. The Morgan fingerprint density at radius 3 is 2.28 bits per heavy atom. The summed E-state index contributed by atoms with van der Waals surface area (Å²) < 4.78 is 55.1. The van der Waals surface area contributed by atoms with Crippen LogP contribution in [0.15, 0.2) is 47.4 Å². The maximum Gasteiger partial charge on any atom is 0.338 e. The van der Waals surface area contributed by atoms with Gasteiger partial charge in [0.2, 0.25) is 5.91 Å². The van der Waals surface area contributed by atoms with E-state index in [1.54, 1.807) is 0 Å². The van der Waals surface area contributed by atoms with Crippen molar-refractivity contribution < 1.29 is 36.7 Å². The van der Waals surface area contributed by atoms with Crippen LogP contribution in [0.4, 0.5) is 23.2 Å². The highest BCUT2D eigenvalue weighted by molar-refractivity contribution is 7.99. The van der Waals surface area contributed by atoms with Gasteiger partial charge in [-0.2, -0.15) is 8.78 Å². The van der Waals surface area contributed by atoms with Gasteiger partial charge in [-0.3, -0.25) is 9.59 Å². The van der Waals surface area contributed by atoms with Crippen LogP contribution in [0.2, 0.25) is 0 Å². The Labute approximate surface area is 166 Å². The predicted octanol–water partition coefficient (Wildman–Crippen LogP) is 3.19. The topological polar surface area (TPSA) is 84.5 Å². The van der Waals surface area contributed by atoms with Gasteiger partial charge in [-0.15, -0.1) is 0 Å². The van der Waals surface area contributed by atoms with Crippen LogP contribution in [-0.2, 0) is 14.3 Å². The number of carbonyl (C=O) groups excluding carboxylic acids is 3. The maximum absolute atomic E-state index is 13.1. The van der Waals surface area contributed by atoms with Gasteiger partial charge in [0, 0.05) is 16.6 Å². The zero-order chi connectivity index (χ0) is 21.4. The highest BCUT2D eigenvalue weighted by Crippen LogP contribution is 2.25. The molecule has 0 heterocycles. The van der Waals surface area contributed by atoms with Crippen LogP contribution >= 0.6 is 11.8 Å². The molecule has 2 amide bonds. The summed E-state index contributed by atoms with van der Waals surface area (Å²) in [4.78, 5) is 35.4. The molecule has 0 saturated heterocycles. The lowest BCUT2D eigenvalue weighted by Gasteiger charge is -2.08. The quantitative estimate of drug-likeness (QED) is 0.382. The third-order valence-corrected chi connectivity index (χ3v) is 4.02. The number of thioether (sulfide) groups is 1. The lowest BCUT2D eigenvalue weighted by Crippen LogP contribution is -2.35. The SMILES string of the molecule is O=C(COC(=O)c1ccc(SC(F)F)cc1)NCC(=O)Nc1ccc(F)c(F)c1. The molecule has 0 spiro atoms. The summed E-state index contributed by atoms with van der Waals surface area (Å²) >= 11 is 0.322. The van der Waals surface area contributed by atoms with Gasteiger partial charge in [-0.25, -0.2) is 13.6 Å². The first-order valence-corrected chi connectivity index (χ1v) is 8.86. The van der Waals surface area contributed by atoms with Crippen molar-refractivity contribution >= 4 is 35.2 Å². The zero-order valence-electron chi connectivity index (χ0n) is 14.6. The lowest BCUT2D eigenvalue weighted by molar-refractivity contribution is -0.126. The van der Waals surface area contributed by atoms with Gasteiger partial charge in [0.05, 0.1) is 12.1 Å². The summed E-state index contributed by atoms with van der Waals surface area (Å²) in [6, 6.07) is 7.95. The van der Waals surface area contributed by atoms with E-state index in [2.05, 4.69) is 10.6 Å². The second kappa shape index (κ2) is 10.5. The van der Waals surface area contributed by atoms with E-state index < -0.39 is 48.3 Å². The van der Waals surface area contributed by atoms with Crippen molar-refractivity contribution in [3.05, 3.63) is 59.7 Å². The Kier molecular flexibility index (Phi) is 8.01. The summed E-state index contributed by atoms with van der Waals surface area (Å²) in [5, 5.41) is 4.43. The van der Waals surface area contributed by atoms with Gasteiger partial charge < -0.3 is 15.4 Å². The molecule has 0 aliphatic heterocycles. The van der Waals surface area contributed by atoms with Gasteiger partial charge in [0.1, 0.15) is 0 Å². The minimum Gasteiger partial charge on any atom is -0.452 e. The van der Waals surface area contributed by atoms with E-state index in [1.807, 2.05) is 0 Å². The van der Waals surface area contributed by atoms with E-state index in [1.165, 1.54) is 24.3 Å². The van der Waals surface area contributed by atoms with Crippen LogP contribution in [0.25, 0.3) is 0 Å². The number of anilines is 1. The smallest absolute Gasteiger partial charge is 0.338 e. The van der Waals surface area contributed by atoms with Crippen molar-refractivity contribution in [3.8, 4) is 0 Å². The fourth-order valence-corrected chi connectivity index (χ4v) is 2.49. The molecule has 154 valence electrons. The molecule has 2 aromatic carbocycles. The molecule has 0 bridgehead atoms. The molecule has 2 aromatic rings. The van der Waals surface area contributed by atoms with E-state index in [0.29, 0.717) is 11.8 Å². The van der Waals surface area contributed by atoms with Gasteiger partial charge in [-0.05, 0) is 36.4 Å². The Balaban J connectivity index is 1.73. The van der Waals surface area contributed by atoms with Crippen molar-refractivity contribution in [3.63, 3.8) is 0 Å². The number of ether oxygens (including phenoxy) is 1. The fourth-order valence-electron chi connectivity index (χ4n) is 2.00. The number of carbonyl (C=O) groups is 3. The Morgan fingerprint density at radius 2 is 1.66 bits per heavy atom. The van der Waals surface area contributed by atoms with Crippen molar-refractivity contribution in [2.75, 3.05) is 18.5 Å². The molecule has 0 fully saturated rings. The number of esters is 1. The van der Waals surface area contributed by atoms with Crippen LogP contribution < -0.4 is 10.6 Å². The van der Waals surface area contributed by atoms with E-state index >= 15 is 0 Å². The van der Waals surface area contributed by atoms with Crippen molar-refractivity contribution in [1.29, 1.82) is 0 Å². The van der Waals surface area contributed by atoms with E-state index in [-0.39, 0.29) is 16.1 Å². The molecular weight excluding hydrogens is 416 g/mol. The summed E-state index contributed by atoms with van der Waals surface area (Å²) in [5.41, 5.74) is 0.0653. The van der Waals surface area contributed by atoms with Crippen LogP contribution in [0.3, 0.4) is 0 Å². The van der Waals surface area contributed by atoms with Crippen LogP contribution in [0.5, 0.6) is 0 Å². The molecule has 0 radical (unpaired) electrons. The Morgan fingerprint density at radius 1 is 0.966 bits per heavy atom. The van der Waals surface area contributed by atoms with E-state index in [4.69, 9.17) is 4.74 Å². The molecule has 6 nitrogen and oxygen atoms in total. The fraction of sp³-hybridized carbons (Fsp3) is 0.167. The average Bonchev–Trinajstić information content (AvgIpc) is 2.67. The lowest BCUT2D eigenvalue weighted by atomic mass is 10.2. The second-order valence-corrected chi connectivity index (χ2v) is 6.50. The van der Waals surface area contributed by atoms with Gasteiger partial charge in [0.15, 0.2) is 18.2 Å². The highest BCUT2D eigenvalue weighted by Gasteiger charge is 2.13. The van der Waals surface area contributed by atoms with Crippen molar-refractivity contribution in [2.45, 2.75) is 10.7 Å². The number of hydrogen-bond acceptors (Lipinski definition) is 5. The molecule has 0 unspecified atom stereocenters. The Bertz CT molecular complexity index is 894. The molecule has 2 rings (SSSR count). The molecule has 0 aromatic heterocycles. The molecule has 0 saturated carbocycles. The zero-order valence-corrected chi connectivity index (χ0v) is 15.4. The number of alkyl halides is 2. The monoisotopic (exact) mass is 430 g/mol. The van der Waals surface area contributed by atoms with Gasteiger partial charge in [0.25, 0.3) is 11.7 Å². The maximum atomic E-state index is 13.1. The minimum atomic E-state index is -2.59. The average molecular weight is 430 g/mol. The predicted molar refractivity (Wildman–Crippen MR) is 96.6 cm³/mol. The molecule has 0 aliphatic carbocycles. The summed E-state index contributed by atoms with van der Waals surface area (Å²) in [7, 11) is 0. The third kappa shape index (κ3) is 7.45. The highest BCUT2D eigenvalue weighted by atomic mass is 32.2. The molecule has 11 heteroatoms. The summed E-state index contributed by atoms with van der Waals surface area (Å²) in [5.74, 6) is -7.12. The van der Waals surface area contributed by atoms with E-state index in [0.717, 1.165) is 18.2 Å². The number of benzene rings is 2. The van der Waals surface area contributed by atoms with Gasteiger partial charge in [-0.1, -0.05) is 11.8 Å². The molecule has 2 N–H and O–H groups in total. The molecule has 0 aliphatic rings. The number of amides is 2. The molecular formula is C18H14F4N2O4S. The number of hydrogen-bond donors (Lipinski definition) is 2. The third-order valence-electron chi connectivity index (χ3n) is 3.30. The van der Waals surface area contributed by atoms with Crippen LogP contribution in [0.1, 0.15) is 10.4 Å². The standard InChI is InChI=1S/C18H14F4N2O4S/c19-13-6-3-11(7-14(13)20)24-15(25)8-23-16(26)9-28-17(27)10-1-4-12(5-2-10)29-18(21)22/h1-7,18H,8-9H2,(H,23,26)(H,24,25). The molecule has 29 heavy (non-hydrogen) atoms. The first-order valence-electron chi connectivity index (χ1n) is 7.98. The number of rotatable bonds is 8. The minimum absolute atomic E-state index is 0.00280. The summed E-state index contributed by atoms with van der Waals surface area (Å²) in [6.07, 6.45) is 0. The Hall–Kier alpha value is -3.08. The number of nitrogens with one attached hydrogen (secondary N) is 2. The largest absolute Gasteiger partial charge is 0.452 e. The van der Waals surface area contributed by atoms with E-state index in [9.17, 15) is 31.9 Å². The van der Waals surface area contributed by atoms with Gasteiger partial charge >= 0.3 is 5.97 Å². The number of halogens is 4. The summed E-state index contributed by atoms with van der Waals surface area (Å²) in [6.45, 7) is -1.17.